The molecule has 0 unspecified atom stereocenters. The second-order valence-corrected chi connectivity index (χ2v) is 11.9. The summed E-state index contributed by atoms with van der Waals surface area (Å²) < 4.78 is 15.4. The van der Waals surface area contributed by atoms with Gasteiger partial charge in [0.15, 0.2) is 11.5 Å². The van der Waals surface area contributed by atoms with Gasteiger partial charge >= 0.3 is 0 Å². The molecule has 0 amide bonds. The Hall–Kier alpha value is -1.91. The number of benzene rings is 3. The molecule has 3 aromatic carbocycles. The normalized spacial score (nSPS) is 11.6. The average molecular weight is 747 g/mol. The lowest BCUT2D eigenvalue weighted by Crippen LogP contribution is -2.23. The molecule has 0 spiro atoms. The van der Waals surface area contributed by atoms with E-state index in [1.807, 2.05) is 39.0 Å². The Morgan fingerprint density at radius 2 is 1.82 bits per heavy atom. The fourth-order valence-corrected chi connectivity index (χ4v) is 5.42. The first-order chi connectivity index (χ1) is 18.1. The van der Waals surface area contributed by atoms with Crippen molar-refractivity contribution in [2.75, 3.05) is 6.61 Å². The quantitative estimate of drug-likeness (QED) is 0.169. The Bertz CT molecular complexity index is 1610. The Labute approximate surface area is 255 Å². The summed E-state index contributed by atoms with van der Waals surface area (Å²) in [6.07, 6.45) is 1.59. The summed E-state index contributed by atoms with van der Waals surface area (Å²) in [6, 6.07) is 12.5. The molecule has 0 atom stereocenters. The van der Waals surface area contributed by atoms with Crippen LogP contribution in [0.5, 0.6) is 11.5 Å². The minimum atomic E-state index is -0.253. The fourth-order valence-electron chi connectivity index (χ4n) is 3.66. The lowest BCUT2D eigenvalue weighted by molar-refractivity contribution is 0.267. The van der Waals surface area contributed by atoms with Gasteiger partial charge in [-0.15, -0.1) is 0 Å². The van der Waals surface area contributed by atoms with Gasteiger partial charge in [-0.1, -0.05) is 59.0 Å². The molecule has 1 aromatic heterocycles. The van der Waals surface area contributed by atoms with Crippen molar-refractivity contribution in [2.24, 2.45) is 5.10 Å². The van der Waals surface area contributed by atoms with E-state index in [0.717, 1.165) is 10.0 Å². The van der Waals surface area contributed by atoms with E-state index in [9.17, 15) is 4.79 Å². The zero-order valence-corrected chi connectivity index (χ0v) is 26.8. The molecule has 11 heteroatoms. The molecule has 0 aliphatic rings. The van der Waals surface area contributed by atoms with Gasteiger partial charge in [-0.25, -0.2) is 4.98 Å². The van der Waals surface area contributed by atoms with Gasteiger partial charge in [0.25, 0.3) is 5.56 Å². The molecule has 0 bridgehead atoms. The van der Waals surface area contributed by atoms with Gasteiger partial charge in [0.1, 0.15) is 12.4 Å². The average Bonchev–Trinajstić information content (AvgIpc) is 2.87. The monoisotopic (exact) mass is 743 g/mol. The van der Waals surface area contributed by atoms with Crippen molar-refractivity contribution in [2.45, 2.75) is 33.3 Å². The second kappa shape index (κ2) is 12.5. The van der Waals surface area contributed by atoms with E-state index in [1.165, 1.54) is 4.68 Å². The Kier molecular flexibility index (Phi) is 9.58. The second-order valence-electron chi connectivity index (χ2n) is 8.53. The lowest BCUT2D eigenvalue weighted by atomic mass is 10.2. The SMILES string of the molecule is CCOc1cc(C=Nn2c(C(C)C)nc3ccc(Br)cc3c2=O)c(Br)c(Br)c1OCc1ccc(Cl)cc1Cl. The minimum absolute atomic E-state index is 0.0301. The van der Waals surface area contributed by atoms with Gasteiger partial charge in [-0.05, 0) is 75.2 Å². The van der Waals surface area contributed by atoms with Crippen LogP contribution in [0.2, 0.25) is 10.0 Å². The van der Waals surface area contributed by atoms with Crippen molar-refractivity contribution in [3.8, 4) is 11.5 Å². The van der Waals surface area contributed by atoms with Gasteiger partial charge in [0.05, 0.1) is 28.2 Å². The minimum Gasteiger partial charge on any atom is -0.490 e. The van der Waals surface area contributed by atoms with Crippen LogP contribution in [-0.2, 0) is 6.61 Å². The molecule has 38 heavy (non-hydrogen) atoms. The largest absolute Gasteiger partial charge is 0.490 e. The summed E-state index contributed by atoms with van der Waals surface area (Å²) in [5, 5.41) is 6.08. The first-order valence-electron chi connectivity index (χ1n) is 11.6. The molecule has 6 nitrogen and oxygen atoms in total. The molecule has 4 rings (SSSR count). The van der Waals surface area contributed by atoms with E-state index in [1.54, 1.807) is 30.5 Å². The van der Waals surface area contributed by atoms with Crippen LogP contribution in [0.1, 0.15) is 43.6 Å². The van der Waals surface area contributed by atoms with E-state index < -0.39 is 0 Å². The molecule has 0 radical (unpaired) electrons. The number of fused-ring (bicyclic) bond motifs is 1. The molecule has 0 aliphatic carbocycles. The number of halogens is 5. The van der Waals surface area contributed by atoms with Crippen LogP contribution >= 0.6 is 71.0 Å². The predicted octanol–water partition coefficient (Wildman–Crippen LogP) is 8.97. The maximum Gasteiger partial charge on any atom is 0.282 e. The van der Waals surface area contributed by atoms with Crippen LogP contribution in [0.25, 0.3) is 10.9 Å². The van der Waals surface area contributed by atoms with Crippen molar-refractivity contribution in [3.63, 3.8) is 0 Å². The van der Waals surface area contributed by atoms with Crippen LogP contribution in [0.4, 0.5) is 0 Å². The van der Waals surface area contributed by atoms with E-state index in [0.29, 0.717) is 59.4 Å². The zero-order chi connectivity index (χ0) is 27.6. The molecule has 1 heterocycles. The third-order valence-electron chi connectivity index (χ3n) is 5.50. The van der Waals surface area contributed by atoms with Gasteiger partial charge in [-0.2, -0.15) is 9.78 Å². The number of rotatable bonds is 8. The molecular weight excluding hydrogens is 725 g/mol. The Balaban J connectivity index is 1.75. The first-order valence-corrected chi connectivity index (χ1v) is 14.7. The highest BCUT2D eigenvalue weighted by molar-refractivity contribution is 9.13. The van der Waals surface area contributed by atoms with Crippen molar-refractivity contribution >= 4 is 88.1 Å². The summed E-state index contributed by atoms with van der Waals surface area (Å²) >= 11 is 23.0. The maximum atomic E-state index is 13.4. The Morgan fingerprint density at radius 1 is 1.05 bits per heavy atom. The highest BCUT2D eigenvalue weighted by atomic mass is 79.9. The third kappa shape index (κ3) is 6.28. The van der Waals surface area contributed by atoms with Crippen LogP contribution in [0, 0.1) is 0 Å². The number of ether oxygens (including phenoxy) is 2. The smallest absolute Gasteiger partial charge is 0.282 e. The molecule has 0 N–H and O–H groups in total. The van der Waals surface area contributed by atoms with Crippen LogP contribution < -0.4 is 15.0 Å². The van der Waals surface area contributed by atoms with Crippen molar-refractivity contribution < 1.29 is 9.47 Å². The molecule has 0 saturated heterocycles. The highest BCUT2D eigenvalue weighted by Gasteiger charge is 2.19. The first kappa shape index (κ1) is 29.1. The standard InChI is InChI=1S/C27H22Br3Cl2N3O3/c1-4-37-22-9-16(23(29)24(30)25(22)38-13-15-5-7-18(31)11-20(15)32)12-33-35-26(14(2)3)34-21-8-6-17(28)10-19(21)27(35)36/h5-12,14H,4,13H2,1-3H3. The van der Waals surface area contributed by atoms with E-state index in [-0.39, 0.29) is 18.1 Å². The van der Waals surface area contributed by atoms with Crippen molar-refractivity contribution in [3.05, 3.63) is 93.2 Å². The summed E-state index contributed by atoms with van der Waals surface area (Å²) in [7, 11) is 0. The van der Waals surface area contributed by atoms with Gasteiger partial charge in [0, 0.05) is 36.0 Å². The maximum absolute atomic E-state index is 13.4. The molecule has 4 aromatic rings. The van der Waals surface area contributed by atoms with E-state index in [4.69, 9.17) is 37.7 Å². The van der Waals surface area contributed by atoms with Gasteiger partial charge in [0.2, 0.25) is 0 Å². The molecular formula is C27H22Br3Cl2N3O3. The number of nitrogens with zero attached hydrogens (tertiary/aromatic N) is 3. The molecule has 0 aliphatic heterocycles. The highest BCUT2D eigenvalue weighted by Crippen LogP contribution is 2.43. The summed E-state index contributed by atoms with van der Waals surface area (Å²) in [6.45, 7) is 6.45. The van der Waals surface area contributed by atoms with Crippen molar-refractivity contribution in [1.82, 2.24) is 9.66 Å². The van der Waals surface area contributed by atoms with Crippen LogP contribution in [0.3, 0.4) is 0 Å². The summed E-state index contributed by atoms with van der Waals surface area (Å²) in [5.74, 6) is 1.53. The van der Waals surface area contributed by atoms with Gasteiger partial charge < -0.3 is 9.47 Å². The number of hydrogen-bond donors (Lipinski definition) is 0. The third-order valence-corrected chi connectivity index (χ3v) is 8.73. The van der Waals surface area contributed by atoms with Crippen LogP contribution in [-0.4, -0.2) is 22.5 Å². The van der Waals surface area contributed by atoms with Crippen LogP contribution in [0.15, 0.2) is 65.8 Å². The Morgan fingerprint density at radius 3 is 2.50 bits per heavy atom. The van der Waals surface area contributed by atoms with Gasteiger partial charge in [-0.3, -0.25) is 4.79 Å². The fraction of sp³-hybridized carbons (Fsp3) is 0.222. The molecule has 198 valence electrons. The summed E-state index contributed by atoms with van der Waals surface area (Å²) in [4.78, 5) is 18.1. The van der Waals surface area contributed by atoms with E-state index >= 15 is 0 Å². The zero-order valence-electron chi connectivity index (χ0n) is 20.6. The molecule has 0 fully saturated rings. The number of aromatic nitrogens is 2. The lowest BCUT2D eigenvalue weighted by Gasteiger charge is -2.17. The molecule has 0 saturated carbocycles. The summed E-state index contributed by atoms with van der Waals surface area (Å²) in [5.41, 5.74) is 1.82. The van der Waals surface area contributed by atoms with Crippen molar-refractivity contribution in [1.29, 1.82) is 0 Å². The number of hydrogen-bond acceptors (Lipinski definition) is 5. The van der Waals surface area contributed by atoms with E-state index in [2.05, 4.69) is 52.9 Å². The topological polar surface area (TPSA) is 65.7 Å². The predicted molar refractivity (Wildman–Crippen MR) is 165 cm³/mol.